The van der Waals surface area contributed by atoms with Crippen molar-refractivity contribution in [1.29, 1.82) is 0 Å². The van der Waals surface area contributed by atoms with Crippen LogP contribution < -0.4 is 5.43 Å². The van der Waals surface area contributed by atoms with E-state index >= 15 is 0 Å². The molecule has 0 heterocycles. The molecule has 0 unspecified atom stereocenters. The molecule has 0 saturated carbocycles. The summed E-state index contributed by atoms with van der Waals surface area (Å²) in [6, 6.07) is 11.0. The summed E-state index contributed by atoms with van der Waals surface area (Å²) in [6.07, 6.45) is 0. The summed E-state index contributed by atoms with van der Waals surface area (Å²) in [5, 5.41) is 16.9. The Kier molecular flexibility index (Phi) is 3.43. The van der Waals surface area contributed by atoms with E-state index in [1.54, 1.807) is 0 Å². The van der Waals surface area contributed by atoms with Crippen LogP contribution in [0.4, 0.5) is 15.8 Å². The molecule has 0 aliphatic carbocycles. The lowest BCUT2D eigenvalue weighted by molar-refractivity contribution is 0.471. The summed E-state index contributed by atoms with van der Waals surface area (Å²) in [7, 11) is 0. The maximum atomic E-state index is 12.7. The van der Waals surface area contributed by atoms with Gasteiger partial charge in [0.15, 0.2) is 5.75 Å². The van der Waals surface area contributed by atoms with Crippen molar-refractivity contribution in [3.63, 3.8) is 0 Å². The Morgan fingerprint density at radius 3 is 2.33 bits per heavy atom. The van der Waals surface area contributed by atoms with Crippen molar-refractivity contribution in [2.75, 3.05) is 0 Å². The van der Waals surface area contributed by atoms with Gasteiger partial charge in [-0.25, -0.2) is 4.39 Å². The molecule has 4 nitrogen and oxygen atoms in total. The van der Waals surface area contributed by atoms with Crippen molar-refractivity contribution in [2.45, 2.75) is 0 Å². The first kappa shape index (κ1) is 11.9. The topological polar surface area (TPSA) is 62.0 Å². The van der Waals surface area contributed by atoms with Crippen molar-refractivity contribution < 1.29 is 9.50 Å². The zero-order valence-corrected chi connectivity index (χ0v) is 9.25. The van der Waals surface area contributed by atoms with E-state index in [1.165, 1.54) is 48.5 Å². The molecule has 2 aromatic rings. The summed E-state index contributed by atoms with van der Waals surface area (Å²) < 4.78 is 12.7. The molecule has 2 rings (SSSR count). The Morgan fingerprint density at radius 2 is 1.61 bits per heavy atom. The molecule has 5 heteroatoms. The first-order valence-electron chi connectivity index (χ1n) is 5.16. The molecule has 2 aromatic carbocycles. The van der Waals surface area contributed by atoms with Gasteiger partial charge >= 0.3 is 0 Å². The first-order chi connectivity index (χ1) is 8.65. The Labute approximate surface area is 102 Å². The second kappa shape index (κ2) is 5.18. The van der Waals surface area contributed by atoms with Crippen LogP contribution in [0.2, 0.25) is 0 Å². The highest BCUT2D eigenvalue weighted by Crippen LogP contribution is 2.17. The van der Waals surface area contributed by atoms with Gasteiger partial charge in [0, 0.05) is 6.07 Å². The zero-order chi connectivity index (χ0) is 13.0. The van der Waals surface area contributed by atoms with E-state index in [1.807, 2.05) is 0 Å². The highest BCUT2D eigenvalue weighted by molar-refractivity contribution is 5.40. The summed E-state index contributed by atoms with van der Waals surface area (Å²) >= 11 is 0. The van der Waals surface area contributed by atoms with Crippen molar-refractivity contribution in [1.82, 2.24) is 0 Å². The lowest BCUT2D eigenvalue weighted by Gasteiger charge is -1.91. The highest BCUT2D eigenvalue weighted by atomic mass is 19.1. The normalized spacial score (nSPS) is 10.7. The lowest BCUT2D eigenvalue weighted by atomic mass is 10.3. The smallest absolute Gasteiger partial charge is 0.222 e. The maximum Gasteiger partial charge on any atom is 0.222 e. The molecule has 0 aliphatic heterocycles. The van der Waals surface area contributed by atoms with Gasteiger partial charge in [-0.1, -0.05) is 6.07 Å². The molecule has 90 valence electrons. The fourth-order valence-corrected chi connectivity index (χ4v) is 1.26. The summed E-state index contributed by atoms with van der Waals surface area (Å²) in [5.41, 5.74) is 0.247. The van der Waals surface area contributed by atoms with Gasteiger partial charge in [-0.3, -0.25) is 4.79 Å². The Balaban J connectivity index is 2.29. The van der Waals surface area contributed by atoms with Gasteiger partial charge in [-0.2, -0.15) is 10.2 Å². The summed E-state index contributed by atoms with van der Waals surface area (Å²) in [5.74, 6) is -0.704. The Morgan fingerprint density at radius 1 is 0.944 bits per heavy atom. The molecule has 18 heavy (non-hydrogen) atoms. The molecule has 0 bridgehead atoms. The van der Waals surface area contributed by atoms with Crippen LogP contribution in [-0.4, -0.2) is 5.11 Å². The van der Waals surface area contributed by atoms with E-state index in [-0.39, 0.29) is 11.6 Å². The lowest BCUT2D eigenvalue weighted by Crippen LogP contribution is -1.91. The highest BCUT2D eigenvalue weighted by Gasteiger charge is 1.95. The van der Waals surface area contributed by atoms with Crippen LogP contribution in [0, 0.1) is 5.82 Å². The first-order valence-corrected chi connectivity index (χ1v) is 5.16. The molecule has 0 spiro atoms. The van der Waals surface area contributed by atoms with E-state index < -0.39 is 5.43 Å². The third-order valence-electron chi connectivity index (χ3n) is 2.16. The molecule has 0 aliphatic rings. The minimum absolute atomic E-state index is 0.310. The van der Waals surface area contributed by atoms with Gasteiger partial charge in [0.05, 0.1) is 11.4 Å². The number of azo groups is 1. The van der Waals surface area contributed by atoms with Gasteiger partial charge in [0.1, 0.15) is 5.82 Å². The Bertz CT molecular complexity index is 639. The second-order valence-corrected chi connectivity index (χ2v) is 3.52. The van der Waals surface area contributed by atoms with Crippen LogP contribution in [0.25, 0.3) is 0 Å². The van der Waals surface area contributed by atoms with Crippen LogP contribution in [-0.2, 0) is 0 Å². The third kappa shape index (κ3) is 2.98. The van der Waals surface area contributed by atoms with Gasteiger partial charge in [-0.15, -0.1) is 0 Å². The van der Waals surface area contributed by atoms with E-state index in [9.17, 15) is 14.3 Å². The van der Waals surface area contributed by atoms with Crippen molar-refractivity contribution >= 4 is 11.4 Å². The van der Waals surface area contributed by atoms with Crippen molar-refractivity contribution in [2.24, 2.45) is 10.2 Å². The number of nitrogens with zero attached hydrogens (tertiary/aromatic N) is 2. The SMILES string of the molecule is O=c1cc(N=Nc2ccc(F)cc2)cccc1O. The molecule has 0 atom stereocenters. The third-order valence-corrected chi connectivity index (χ3v) is 2.16. The van der Waals surface area contributed by atoms with Crippen molar-refractivity contribution in [3.8, 4) is 5.75 Å². The minimum Gasteiger partial charge on any atom is -0.504 e. The minimum atomic E-state index is -0.534. The monoisotopic (exact) mass is 244 g/mol. The van der Waals surface area contributed by atoms with Crippen LogP contribution in [0.15, 0.2) is 63.6 Å². The Hall–Kier alpha value is -2.56. The average Bonchev–Trinajstić information content (AvgIpc) is 2.51. The van der Waals surface area contributed by atoms with Crippen LogP contribution >= 0.6 is 0 Å². The number of halogens is 1. The molecule has 1 N–H and O–H groups in total. The van der Waals surface area contributed by atoms with E-state index in [0.29, 0.717) is 11.4 Å². The van der Waals surface area contributed by atoms with Gasteiger partial charge in [-0.05, 0) is 36.4 Å². The van der Waals surface area contributed by atoms with Crippen LogP contribution in [0.3, 0.4) is 0 Å². The number of rotatable bonds is 2. The fraction of sp³-hybridized carbons (Fsp3) is 0. The number of aromatic hydroxyl groups is 1. The summed E-state index contributed by atoms with van der Waals surface area (Å²) in [6.45, 7) is 0. The van der Waals surface area contributed by atoms with Crippen LogP contribution in [0.5, 0.6) is 5.75 Å². The quantitative estimate of drug-likeness (QED) is 0.824. The van der Waals surface area contributed by atoms with Crippen molar-refractivity contribution in [3.05, 3.63) is 64.6 Å². The van der Waals surface area contributed by atoms with Gasteiger partial charge < -0.3 is 5.11 Å². The summed E-state index contributed by atoms with van der Waals surface area (Å²) in [4.78, 5) is 11.3. The number of hydrogen-bond donors (Lipinski definition) is 1. The van der Waals surface area contributed by atoms with E-state index in [4.69, 9.17) is 0 Å². The number of benzene rings is 1. The van der Waals surface area contributed by atoms with Gasteiger partial charge in [0.2, 0.25) is 5.43 Å². The molecule has 0 aromatic heterocycles. The van der Waals surface area contributed by atoms with Gasteiger partial charge in [0.25, 0.3) is 0 Å². The predicted molar refractivity (Wildman–Crippen MR) is 65.0 cm³/mol. The molecule has 0 amide bonds. The molecule has 0 radical (unpaired) electrons. The average molecular weight is 244 g/mol. The largest absolute Gasteiger partial charge is 0.504 e. The molecule has 0 fully saturated rings. The molecular formula is C13H9FN2O2. The van der Waals surface area contributed by atoms with Crippen LogP contribution in [0.1, 0.15) is 0 Å². The molecular weight excluding hydrogens is 235 g/mol. The predicted octanol–water partition coefficient (Wildman–Crippen LogP) is 3.31. The molecule has 0 saturated heterocycles. The number of hydrogen-bond acceptors (Lipinski definition) is 4. The second-order valence-electron chi connectivity index (χ2n) is 3.52. The van der Waals surface area contributed by atoms with E-state index in [0.717, 1.165) is 0 Å². The zero-order valence-electron chi connectivity index (χ0n) is 9.25. The van der Waals surface area contributed by atoms with E-state index in [2.05, 4.69) is 10.2 Å². The standard InChI is InChI=1S/C13H9FN2O2/c14-9-4-6-10(7-5-9)15-16-11-2-1-3-12(17)13(18)8-11/h1-8H,(H,17,18). The fourth-order valence-electron chi connectivity index (χ4n) is 1.26. The maximum absolute atomic E-state index is 12.7.